The number of hydrogen-bond donors (Lipinski definition) is 2. The maximum absolute atomic E-state index is 5.48. The Morgan fingerprint density at radius 2 is 1.92 bits per heavy atom. The van der Waals surface area contributed by atoms with Gasteiger partial charge in [-0.1, -0.05) is 20.3 Å². The van der Waals surface area contributed by atoms with Gasteiger partial charge >= 0.3 is 0 Å². The maximum Gasteiger partial charge on any atom is 0.0715 e. The summed E-state index contributed by atoms with van der Waals surface area (Å²) in [6.45, 7) is 9.14. The fraction of sp³-hybridized carbons (Fsp3) is 1.00. The summed E-state index contributed by atoms with van der Waals surface area (Å²) in [4.78, 5) is 0. The number of rotatable bonds is 6. The smallest absolute Gasteiger partial charge is 0.0715 e. The van der Waals surface area contributed by atoms with E-state index >= 15 is 0 Å². The van der Waals surface area contributed by atoms with E-state index in [1.54, 1.807) is 0 Å². The largest absolute Gasteiger partial charge is 0.377 e. The Balaban J connectivity index is 3.94. The monoisotopic (exact) mass is 174 g/mol. The number of hydrogen-bond acceptors (Lipinski definition) is 3. The summed E-state index contributed by atoms with van der Waals surface area (Å²) in [5.41, 5.74) is 2.81. The van der Waals surface area contributed by atoms with Gasteiger partial charge in [-0.2, -0.15) is 0 Å². The van der Waals surface area contributed by atoms with Crippen LogP contribution in [-0.4, -0.2) is 18.8 Å². The van der Waals surface area contributed by atoms with Crippen molar-refractivity contribution in [2.45, 2.75) is 46.3 Å². The second-order valence-electron chi connectivity index (χ2n) is 3.24. The van der Waals surface area contributed by atoms with Crippen LogP contribution in [0, 0.1) is 5.92 Å². The third-order valence-electron chi connectivity index (χ3n) is 2.38. The van der Waals surface area contributed by atoms with Crippen molar-refractivity contribution in [3.63, 3.8) is 0 Å². The van der Waals surface area contributed by atoms with Crippen molar-refractivity contribution in [1.29, 1.82) is 0 Å². The minimum absolute atomic E-state index is 0.190. The van der Waals surface area contributed by atoms with E-state index in [1.165, 1.54) is 0 Å². The lowest BCUT2D eigenvalue weighted by Crippen LogP contribution is -2.47. The summed E-state index contributed by atoms with van der Waals surface area (Å²) in [5.74, 6) is 6.00. The molecule has 74 valence electrons. The highest BCUT2D eigenvalue weighted by molar-refractivity contribution is 4.76. The van der Waals surface area contributed by atoms with E-state index in [1.807, 2.05) is 6.92 Å². The van der Waals surface area contributed by atoms with E-state index in [4.69, 9.17) is 10.6 Å². The lowest BCUT2D eigenvalue weighted by atomic mass is 9.96. The van der Waals surface area contributed by atoms with Gasteiger partial charge in [0.2, 0.25) is 0 Å². The van der Waals surface area contributed by atoms with Crippen LogP contribution in [-0.2, 0) is 4.74 Å². The topological polar surface area (TPSA) is 47.3 Å². The van der Waals surface area contributed by atoms with Crippen molar-refractivity contribution in [2.24, 2.45) is 11.8 Å². The molecule has 0 fully saturated rings. The maximum atomic E-state index is 5.48. The van der Waals surface area contributed by atoms with Gasteiger partial charge in [0, 0.05) is 12.6 Å². The molecule has 0 amide bonds. The zero-order valence-electron chi connectivity index (χ0n) is 8.63. The van der Waals surface area contributed by atoms with Gasteiger partial charge in [0.25, 0.3) is 0 Å². The number of hydrazine groups is 1. The second kappa shape index (κ2) is 6.40. The zero-order valence-corrected chi connectivity index (χ0v) is 8.63. The van der Waals surface area contributed by atoms with Gasteiger partial charge in [-0.3, -0.25) is 11.3 Å². The summed E-state index contributed by atoms with van der Waals surface area (Å²) < 4.78 is 5.48. The standard InChI is InChI=1S/C9H22N2O/c1-5-7(3)9(11-10)8(4)12-6-2/h7-9,11H,5-6,10H2,1-4H3. The predicted octanol–water partition coefficient (Wildman–Crippen LogP) is 1.29. The first kappa shape index (κ1) is 11.9. The van der Waals surface area contributed by atoms with Crippen LogP contribution in [0.2, 0.25) is 0 Å². The summed E-state index contributed by atoms with van der Waals surface area (Å²) in [6.07, 6.45) is 1.31. The lowest BCUT2D eigenvalue weighted by molar-refractivity contribution is 0.0318. The van der Waals surface area contributed by atoms with Gasteiger partial charge in [0.15, 0.2) is 0 Å². The fourth-order valence-electron chi connectivity index (χ4n) is 1.38. The number of nitrogens with two attached hydrogens (primary N) is 1. The SMILES string of the molecule is CCOC(C)C(NN)C(C)CC. The average Bonchev–Trinajstić information content (AvgIpc) is 2.06. The summed E-state index contributed by atoms with van der Waals surface area (Å²) >= 11 is 0. The molecule has 0 saturated carbocycles. The molecule has 3 atom stereocenters. The first-order chi connectivity index (χ1) is 5.67. The normalized spacial score (nSPS) is 18.8. The molecule has 0 heterocycles. The van der Waals surface area contributed by atoms with Gasteiger partial charge in [-0.25, -0.2) is 0 Å². The van der Waals surface area contributed by atoms with Crippen molar-refractivity contribution in [3.05, 3.63) is 0 Å². The molecule has 0 aliphatic heterocycles. The van der Waals surface area contributed by atoms with Crippen molar-refractivity contribution >= 4 is 0 Å². The van der Waals surface area contributed by atoms with E-state index < -0.39 is 0 Å². The molecule has 3 nitrogen and oxygen atoms in total. The summed E-state index contributed by atoms with van der Waals surface area (Å²) in [5, 5.41) is 0. The molecule has 0 aromatic rings. The van der Waals surface area contributed by atoms with Crippen LogP contribution < -0.4 is 11.3 Å². The number of ether oxygens (including phenoxy) is 1. The molecule has 0 aromatic carbocycles. The van der Waals surface area contributed by atoms with E-state index in [0.29, 0.717) is 5.92 Å². The molecule has 3 N–H and O–H groups in total. The molecule has 0 aliphatic carbocycles. The Morgan fingerprint density at radius 1 is 1.33 bits per heavy atom. The average molecular weight is 174 g/mol. The Kier molecular flexibility index (Phi) is 6.34. The molecule has 0 bridgehead atoms. The Hall–Kier alpha value is -0.120. The van der Waals surface area contributed by atoms with Crippen LogP contribution in [0.5, 0.6) is 0 Å². The fourth-order valence-corrected chi connectivity index (χ4v) is 1.38. The van der Waals surface area contributed by atoms with Crippen LogP contribution in [0.1, 0.15) is 34.1 Å². The van der Waals surface area contributed by atoms with Crippen LogP contribution >= 0.6 is 0 Å². The van der Waals surface area contributed by atoms with Crippen molar-refractivity contribution in [2.75, 3.05) is 6.61 Å². The first-order valence-electron chi connectivity index (χ1n) is 4.75. The van der Waals surface area contributed by atoms with E-state index in [9.17, 15) is 0 Å². The zero-order chi connectivity index (χ0) is 9.56. The molecule has 12 heavy (non-hydrogen) atoms. The summed E-state index contributed by atoms with van der Waals surface area (Å²) in [6, 6.07) is 0.259. The molecule has 0 aliphatic rings. The lowest BCUT2D eigenvalue weighted by Gasteiger charge is -2.27. The van der Waals surface area contributed by atoms with Gasteiger partial charge in [0.05, 0.1) is 6.10 Å². The van der Waals surface area contributed by atoms with Gasteiger partial charge < -0.3 is 4.74 Å². The van der Waals surface area contributed by atoms with Gasteiger partial charge in [-0.05, 0) is 19.8 Å². The molecule has 0 aromatic heterocycles. The minimum atomic E-state index is 0.190. The Morgan fingerprint density at radius 3 is 2.25 bits per heavy atom. The highest BCUT2D eigenvalue weighted by Crippen LogP contribution is 2.12. The minimum Gasteiger partial charge on any atom is -0.377 e. The van der Waals surface area contributed by atoms with Gasteiger partial charge in [0.1, 0.15) is 0 Å². The molecule has 3 heteroatoms. The molecular weight excluding hydrogens is 152 g/mol. The Labute approximate surface area is 75.6 Å². The van der Waals surface area contributed by atoms with Crippen molar-refractivity contribution in [1.82, 2.24) is 5.43 Å². The molecule has 0 spiro atoms. The molecule has 0 saturated heterocycles. The highest BCUT2D eigenvalue weighted by Gasteiger charge is 2.21. The van der Waals surface area contributed by atoms with E-state index in [0.717, 1.165) is 13.0 Å². The van der Waals surface area contributed by atoms with Gasteiger partial charge in [-0.15, -0.1) is 0 Å². The molecule has 3 unspecified atom stereocenters. The highest BCUT2D eigenvalue weighted by atomic mass is 16.5. The molecular formula is C9H22N2O. The van der Waals surface area contributed by atoms with Crippen LogP contribution in [0.15, 0.2) is 0 Å². The third kappa shape index (κ3) is 3.52. The quantitative estimate of drug-likeness (QED) is 0.471. The number of nitrogens with one attached hydrogen (secondary N) is 1. The predicted molar refractivity (Wildman–Crippen MR) is 51.7 cm³/mol. The Bertz CT molecular complexity index is 109. The summed E-state index contributed by atoms with van der Waals surface area (Å²) in [7, 11) is 0. The van der Waals surface area contributed by atoms with Crippen LogP contribution in [0.4, 0.5) is 0 Å². The van der Waals surface area contributed by atoms with Crippen LogP contribution in [0.3, 0.4) is 0 Å². The van der Waals surface area contributed by atoms with E-state index in [2.05, 4.69) is 26.2 Å². The molecule has 0 radical (unpaired) electrons. The molecule has 0 rings (SSSR count). The van der Waals surface area contributed by atoms with Crippen LogP contribution in [0.25, 0.3) is 0 Å². The second-order valence-corrected chi connectivity index (χ2v) is 3.24. The van der Waals surface area contributed by atoms with Crippen molar-refractivity contribution < 1.29 is 4.74 Å². The first-order valence-corrected chi connectivity index (χ1v) is 4.75. The third-order valence-corrected chi connectivity index (χ3v) is 2.38. The van der Waals surface area contributed by atoms with Crippen molar-refractivity contribution in [3.8, 4) is 0 Å². The van der Waals surface area contributed by atoms with E-state index in [-0.39, 0.29) is 12.1 Å².